The SMILES string of the molecule is CC1C=C(C(C)(C)C)C=[C]1[Zr+2](=[C](Cc1ccccc1)Cc1ccccc1)[C]1(C)C2=C3Cc4ccccc4C3=C3C=CCCC3C2(C)C(C)(C)C(C)(C)C1(C)C.[Cl-].[Cl-]. The zero-order valence-electron chi connectivity index (χ0n) is 36.8. The van der Waals surface area contributed by atoms with E-state index in [0.29, 0.717) is 11.8 Å². The van der Waals surface area contributed by atoms with E-state index in [1.807, 2.05) is 12.1 Å². The number of halogens is 2. The minimum Gasteiger partial charge on any atom is -1.00 e. The maximum Gasteiger partial charge on any atom is -1.00 e. The van der Waals surface area contributed by atoms with E-state index < -0.39 is 21.3 Å². The van der Waals surface area contributed by atoms with Crippen LogP contribution in [0.2, 0.25) is 3.12 Å². The second kappa shape index (κ2) is 15.3. The molecule has 0 aromatic heterocycles. The molecule has 3 aromatic carbocycles. The van der Waals surface area contributed by atoms with Gasteiger partial charge in [-0.05, 0) is 0 Å². The Labute approximate surface area is 366 Å². The molecular weight excluding hydrogens is 811 g/mol. The third-order valence-corrected chi connectivity index (χ3v) is 27.1. The Balaban J connectivity index is 0.00000275. The molecule has 5 aliphatic rings. The third kappa shape index (κ3) is 6.40. The summed E-state index contributed by atoms with van der Waals surface area (Å²) in [6.07, 6.45) is 16.1. The predicted molar refractivity (Wildman–Crippen MR) is 234 cm³/mol. The number of hydrogen-bond donors (Lipinski definition) is 0. The van der Waals surface area contributed by atoms with Gasteiger partial charge < -0.3 is 24.8 Å². The maximum atomic E-state index is 2.88. The van der Waals surface area contributed by atoms with Gasteiger partial charge in [0.1, 0.15) is 0 Å². The van der Waals surface area contributed by atoms with Crippen LogP contribution in [0, 0.1) is 38.9 Å². The topological polar surface area (TPSA) is 0 Å². The molecular formula is C54H66Cl2Zr. The Morgan fingerprint density at radius 1 is 0.719 bits per heavy atom. The predicted octanol–water partition coefficient (Wildman–Crippen LogP) is 8.34. The van der Waals surface area contributed by atoms with Gasteiger partial charge in [-0.15, -0.1) is 0 Å². The van der Waals surface area contributed by atoms with Crippen molar-refractivity contribution in [1.29, 1.82) is 0 Å². The van der Waals surface area contributed by atoms with Crippen LogP contribution in [-0.2, 0) is 40.5 Å². The molecule has 0 heterocycles. The first-order chi connectivity index (χ1) is 25.9. The third-order valence-electron chi connectivity index (χ3n) is 17.0. The van der Waals surface area contributed by atoms with Gasteiger partial charge in [0.05, 0.1) is 0 Å². The first kappa shape index (κ1) is 44.3. The molecule has 4 atom stereocenters. The summed E-state index contributed by atoms with van der Waals surface area (Å²) in [5, 5.41) is 0. The molecule has 4 unspecified atom stereocenters. The minimum atomic E-state index is -3.04. The van der Waals surface area contributed by atoms with Gasteiger partial charge in [0.25, 0.3) is 0 Å². The molecule has 3 heteroatoms. The average molecular weight is 877 g/mol. The Morgan fingerprint density at radius 3 is 1.84 bits per heavy atom. The van der Waals surface area contributed by atoms with E-state index in [0.717, 1.165) is 19.3 Å². The van der Waals surface area contributed by atoms with Gasteiger partial charge in [-0.3, -0.25) is 0 Å². The molecule has 1 saturated carbocycles. The molecule has 0 N–H and O–H groups in total. The molecule has 1 fully saturated rings. The summed E-state index contributed by atoms with van der Waals surface area (Å²) >= 11 is -3.04. The number of fused-ring (bicyclic) bond motifs is 6. The molecule has 3 aromatic rings. The Morgan fingerprint density at radius 2 is 1.28 bits per heavy atom. The summed E-state index contributed by atoms with van der Waals surface area (Å²) in [6, 6.07) is 32.5. The van der Waals surface area contributed by atoms with Crippen molar-refractivity contribution < 1.29 is 46.1 Å². The molecule has 300 valence electrons. The van der Waals surface area contributed by atoms with Crippen molar-refractivity contribution in [2.45, 2.75) is 118 Å². The zero-order valence-corrected chi connectivity index (χ0v) is 40.8. The van der Waals surface area contributed by atoms with E-state index >= 15 is 0 Å². The van der Waals surface area contributed by atoms with Crippen LogP contribution in [0.5, 0.6) is 0 Å². The monoisotopic (exact) mass is 874 g/mol. The Bertz CT molecular complexity index is 2190. The van der Waals surface area contributed by atoms with Gasteiger partial charge >= 0.3 is 344 Å². The fourth-order valence-corrected chi connectivity index (χ4v) is 24.6. The van der Waals surface area contributed by atoms with Crippen molar-refractivity contribution in [2.24, 2.45) is 38.9 Å². The van der Waals surface area contributed by atoms with Crippen molar-refractivity contribution in [3.63, 3.8) is 0 Å². The zero-order chi connectivity index (χ0) is 39.3. The number of benzene rings is 3. The van der Waals surface area contributed by atoms with Crippen LogP contribution in [0.3, 0.4) is 0 Å². The van der Waals surface area contributed by atoms with Crippen LogP contribution < -0.4 is 24.8 Å². The van der Waals surface area contributed by atoms with Crippen LogP contribution in [0.4, 0.5) is 0 Å². The fraction of sp³-hybridized carbons (Fsp3) is 0.463. The number of allylic oxidation sites excluding steroid dienone is 10. The van der Waals surface area contributed by atoms with Gasteiger partial charge in [-0.2, -0.15) is 0 Å². The van der Waals surface area contributed by atoms with Crippen LogP contribution in [-0.4, -0.2) is 3.21 Å². The van der Waals surface area contributed by atoms with Gasteiger partial charge in [0.15, 0.2) is 0 Å². The summed E-state index contributed by atoms with van der Waals surface area (Å²) in [5.74, 6) is 0.942. The second-order valence-electron chi connectivity index (χ2n) is 20.8. The number of rotatable bonds is 6. The summed E-state index contributed by atoms with van der Waals surface area (Å²) in [4.78, 5) is 0. The van der Waals surface area contributed by atoms with E-state index in [9.17, 15) is 0 Å². The summed E-state index contributed by atoms with van der Waals surface area (Å²) in [5.41, 5.74) is 14.5. The van der Waals surface area contributed by atoms with E-state index in [2.05, 4.69) is 192 Å². The van der Waals surface area contributed by atoms with Crippen LogP contribution in [0.1, 0.15) is 118 Å². The van der Waals surface area contributed by atoms with Crippen molar-refractivity contribution in [1.82, 2.24) is 0 Å². The van der Waals surface area contributed by atoms with Crippen LogP contribution in [0.15, 0.2) is 135 Å². The number of hydrogen-bond acceptors (Lipinski definition) is 0. The van der Waals surface area contributed by atoms with Crippen molar-refractivity contribution in [2.75, 3.05) is 0 Å². The standard InChI is InChI=1S/C29H37.C15H14.C10H15.2ClH.Zr/c1-18-25-22-17-19-13-9-10-14-20(19)24(22)21-15-11-12-16-23(21)29(25,8)28(6,7)27(4,5)26(18,2)3;1-3-8-14(9-4-1)12-7-13-15-10-5-2-6-11-15;1-8-5-6-9(7-8)10(2,3)4;;;/h9-11,13-15,23H,12,16-17H2,1-8H3;1-6,8-11H,12-13H2;6-8H,1-4H3;2*1H;/q;;;;;+2/p-2. The summed E-state index contributed by atoms with van der Waals surface area (Å²) in [6.45, 7) is 31.8. The second-order valence-corrected chi connectivity index (χ2v) is 28.3. The minimum absolute atomic E-state index is 0. The smallest absolute Gasteiger partial charge is 1.00 e. The Hall–Kier alpha value is -2.31. The molecule has 8 rings (SSSR count). The average Bonchev–Trinajstić information content (AvgIpc) is 3.72. The summed E-state index contributed by atoms with van der Waals surface area (Å²) in [7, 11) is 0. The van der Waals surface area contributed by atoms with Crippen molar-refractivity contribution in [3.05, 3.63) is 157 Å². The maximum absolute atomic E-state index is 3.04. The molecule has 0 saturated heterocycles. The molecule has 0 aliphatic heterocycles. The molecule has 5 aliphatic carbocycles. The van der Waals surface area contributed by atoms with Crippen LogP contribution >= 0.6 is 0 Å². The first-order valence-electron chi connectivity index (χ1n) is 21.4. The molecule has 0 amide bonds. The van der Waals surface area contributed by atoms with E-state index in [4.69, 9.17) is 0 Å². The summed E-state index contributed by atoms with van der Waals surface area (Å²) < 4.78 is 3.68. The van der Waals surface area contributed by atoms with Crippen molar-refractivity contribution >= 4 is 8.78 Å². The molecule has 0 bridgehead atoms. The van der Waals surface area contributed by atoms with E-state index in [1.165, 1.54) is 35.1 Å². The van der Waals surface area contributed by atoms with Gasteiger partial charge in [-0.1, -0.05) is 0 Å². The largest absolute Gasteiger partial charge is 1.00 e. The van der Waals surface area contributed by atoms with Gasteiger partial charge in [0, 0.05) is 0 Å². The van der Waals surface area contributed by atoms with Gasteiger partial charge in [-0.25, -0.2) is 0 Å². The molecule has 0 nitrogen and oxygen atoms in total. The molecule has 0 spiro atoms. The van der Waals surface area contributed by atoms with E-state index in [1.54, 1.807) is 22.3 Å². The quantitative estimate of drug-likeness (QED) is 0.234. The Kier molecular flexibility index (Phi) is 11.9. The van der Waals surface area contributed by atoms with Gasteiger partial charge in [0.2, 0.25) is 0 Å². The molecule has 0 radical (unpaired) electrons. The fourth-order valence-electron chi connectivity index (χ4n) is 12.6. The van der Waals surface area contributed by atoms with Crippen molar-refractivity contribution in [3.8, 4) is 0 Å². The normalized spacial score (nSPS) is 27.4. The van der Waals surface area contributed by atoms with Crippen LogP contribution in [0.25, 0.3) is 5.57 Å². The first-order valence-corrected chi connectivity index (χ1v) is 25.0. The van der Waals surface area contributed by atoms with E-state index in [-0.39, 0.29) is 55.0 Å². The molecule has 57 heavy (non-hydrogen) atoms.